The van der Waals surface area contributed by atoms with Gasteiger partial charge >= 0.3 is 0 Å². The van der Waals surface area contributed by atoms with Crippen LogP contribution in [0.15, 0.2) is 11.4 Å². The van der Waals surface area contributed by atoms with Crippen molar-refractivity contribution in [1.82, 2.24) is 10.3 Å². The summed E-state index contributed by atoms with van der Waals surface area (Å²) < 4.78 is 5.26. The normalized spacial score (nSPS) is 30.0. The Kier molecular flexibility index (Phi) is 6.36. The lowest BCUT2D eigenvalue weighted by molar-refractivity contribution is -0.150. The Morgan fingerprint density at radius 3 is 2.48 bits per heavy atom. The Morgan fingerprint density at radius 1 is 1.36 bits per heavy atom. The molecule has 4 unspecified atom stereocenters. The monoisotopic (exact) mass is 357 g/mol. The van der Waals surface area contributed by atoms with Crippen molar-refractivity contribution in [1.29, 1.82) is 5.41 Å². The van der Waals surface area contributed by atoms with Gasteiger partial charge in [0.25, 0.3) is 5.91 Å². The SMILES string of the molecule is CCCC(=N)/C(N)=C(\NC1CC1)C(=O)N(N)C1OC(CO)C(O)C1O. The van der Waals surface area contributed by atoms with E-state index in [-0.39, 0.29) is 23.1 Å². The molecule has 10 heteroatoms. The average Bonchev–Trinajstić information content (AvgIpc) is 3.37. The maximum absolute atomic E-state index is 12.8. The van der Waals surface area contributed by atoms with Crippen molar-refractivity contribution < 1.29 is 24.9 Å². The van der Waals surface area contributed by atoms with Gasteiger partial charge < -0.3 is 36.5 Å². The summed E-state index contributed by atoms with van der Waals surface area (Å²) in [6, 6.07) is 0.0885. The number of nitrogens with two attached hydrogens (primary N) is 2. The van der Waals surface area contributed by atoms with Crippen LogP contribution >= 0.6 is 0 Å². The average molecular weight is 357 g/mol. The molecule has 2 rings (SSSR count). The minimum Gasteiger partial charge on any atom is -0.395 e. The minimum absolute atomic E-state index is 0.000874. The molecule has 10 nitrogen and oxygen atoms in total. The summed E-state index contributed by atoms with van der Waals surface area (Å²) in [4.78, 5) is 12.8. The maximum Gasteiger partial charge on any atom is 0.288 e. The van der Waals surface area contributed by atoms with E-state index in [4.69, 9.17) is 26.8 Å². The first-order valence-electron chi connectivity index (χ1n) is 8.36. The quantitative estimate of drug-likeness (QED) is 0.0846. The van der Waals surface area contributed by atoms with E-state index in [1.165, 1.54) is 0 Å². The number of hydrogen-bond acceptors (Lipinski definition) is 9. The van der Waals surface area contributed by atoms with E-state index in [1.807, 2.05) is 6.92 Å². The van der Waals surface area contributed by atoms with Crippen molar-refractivity contribution in [3.05, 3.63) is 11.4 Å². The number of nitrogens with one attached hydrogen (secondary N) is 2. The van der Waals surface area contributed by atoms with Crippen LogP contribution in [-0.4, -0.2) is 69.1 Å². The van der Waals surface area contributed by atoms with E-state index in [0.29, 0.717) is 17.9 Å². The fourth-order valence-electron chi connectivity index (χ4n) is 2.58. The number of amides is 1. The molecule has 1 saturated carbocycles. The number of carbonyl (C=O) groups is 1. The van der Waals surface area contributed by atoms with Crippen molar-refractivity contribution >= 4 is 11.6 Å². The highest BCUT2D eigenvalue weighted by Gasteiger charge is 2.46. The molecule has 0 aromatic rings. The number of aliphatic hydroxyl groups is 3. The first-order valence-corrected chi connectivity index (χ1v) is 8.36. The zero-order valence-corrected chi connectivity index (χ0v) is 14.2. The first-order chi connectivity index (χ1) is 11.8. The van der Waals surface area contributed by atoms with E-state index < -0.39 is 37.1 Å². The van der Waals surface area contributed by atoms with E-state index in [0.717, 1.165) is 12.8 Å². The van der Waals surface area contributed by atoms with Crippen molar-refractivity contribution in [2.24, 2.45) is 11.6 Å². The highest BCUT2D eigenvalue weighted by atomic mass is 16.6. The lowest BCUT2D eigenvalue weighted by Crippen LogP contribution is -2.53. The number of allylic oxidation sites excluding steroid dienone is 1. The molecular weight excluding hydrogens is 330 g/mol. The van der Waals surface area contributed by atoms with Gasteiger partial charge in [0.1, 0.15) is 24.0 Å². The van der Waals surface area contributed by atoms with E-state index in [9.17, 15) is 15.0 Å². The van der Waals surface area contributed by atoms with E-state index in [1.54, 1.807) is 0 Å². The van der Waals surface area contributed by atoms with Crippen molar-refractivity contribution in [3.8, 4) is 0 Å². The van der Waals surface area contributed by atoms with Gasteiger partial charge in [-0.15, -0.1) is 0 Å². The number of aliphatic hydroxyl groups excluding tert-OH is 3. The molecule has 1 amide bonds. The van der Waals surface area contributed by atoms with Crippen LogP contribution in [0, 0.1) is 5.41 Å². The summed E-state index contributed by atoms with van der Waals surface area (Å²) in [6.45, 7) is 1.37. The van der Waals surface area contributed by atoms with Gasteiger partial charge in [0.2, 0.25) is 0 Å². The zero-order chi connectivity index (χ0) is 18.7. The van der Waals surface area contributed by atoms with Crippen LogP contribution in [0.4, 0.5) is 0 Å². The molecule has 1 saturated heterocycles. The van der Waals surface area contributed by atoms with Gasteiger partial charge in [0.05, 0.1) is 18.0 Å². The molecule has 0 bridgehead atoms. The summed E-state index contributed by atoms with van der Waals surface area (Å²) >= 11 is 0. The highest BCUT2D eigenvalue weighted by Crippen LogP contribution is 2.25. The molecule has 0 aromatic heterocycles. The second kappa shape index (κ2) is 8.11. The van der Waals surface area contributed by atoms with Gasteiger partial charge in [0, 0.05) is 6.04 Å². The third-order valence-corrected chi connectivity index (χ3v) is 4.26. The number of hydrazine groups is 1. The second-order valence-corrected chi connectivity index (χ2v) is 6.38. The summed E-state index contributed by atoms with van der Waals surface area (Å²) in [5.41, 5.74) is 6.08. The number of hydrogen-bond donors (Lipinski definition) is 7. The van der Waals surface area contributed by atoms with Gasteiger partial charge in [-0.25, -0.2) is 10.9 Å². The molecule has 4 atom stereocenters. The Bertz CT molecular complexity index is 550. The van der Waals surface area contributed by atoms with Crippen molar-refractivity contribution in [2.75, 3.05) is 6.61 Å². The summed E-state index contributed by atoms with van der Waals surface area (Å²) in [7, 11) is 0. The van der Waals surface area contributed by atoms with E-state index >= 15 is 0 Å². The van der Waals surface area contributed by atoms with Crippen molar-refractivity contribution in [3.63, 3.8) is 0 Å². The molecule has 1 aliphatic carbocycles. The van der Waals surface area contributed by atoms with Crippen LogP contribution in [0.5, 0.6) is 0 Å². The molecule has 1 heterocycles. The van der Waals surface area contributed by atoms with Crippen molar-refractivity contribution in [2.45, 2.75) is 63.2 Å². The number of rotatable bonds is 8. The van der Waals surface area contributed by atoms with Crippen LogP contribution < -0.4 is 16.9 Å². The second-order valence-electron chi connectivity index (χ2n) is 6.38. The molecule has 25 heavy (non-hydrogen) atoms. The Labute approximate surface area is 145 Å². The highest BCUT2D eigenvalue weighted by molar-refractivity contribution is 6.05. The number of nitrogens with zero attached hydrogens (tertiary/aromatic N) is 1. The fraction of sp³-hybridized carbons (Fsp3) is 0.733. The Balaban J connectivity index is 2.20. The molecule has 9 N–H and O–H groups in total. The summed E-state index contributed by atoms with van der Waals surface area (Å²) in [6.07, 6.45) is -2.34. The molecule has 0 spiro atoms. The summed E-state index contributed by atoms with van der Waals surface area (Å²) in [5, 5.41) is 40.6. The minimum atomic E-state index is -1.47. The van der Waals surface area contributed by atoms with Crippen LogP contribution in [0.25, 0.3) is 0 Å². The standard InChI is InChI=1S/C15H27N5O5/c1-2-3-8(16)10(17)11(19-7-4-5-7)14(24)20(18)15-13(23)12(22)9(6-21)25-15/h7,9,12-13,15-16,19,21-23H,2-6,17-18H2,1H3/b11-10+,16-8?. The van der Waals surface area contributed by atoms with Crippen LogP contribution in [0.1, 0.15) is 32.6 Å². The Hall–Kier alpha value is -1.72. The predicted molar refractivity (Wildman–Crippen MR) is 88.8 cm³/mol. The maximum atomic E-state index is 12.8. The third-order valence-electron chi connectivity index (χ3n) is 4.26. The molecule has 0 radical (unpaired) electrons. The summed E-state index contributed by atoms with van der Waals surface area (Å²) in [5.74, 6) is 5.06. The van der Waals surface area contributed by atoms with Gasteiger partial charge in [-0.1, -0.05) is 13.3 Å². The number of carbonyl (C=O) groups excluding carboxylic acids is 1. The van der Waals surface area contributed by atoms with Gasteiger partial charge in [-0.3, -0.25) is 4.79 Å². The van der Waals surface area contributed by atoms with Crippen LogP contribution in [0.2, 0.25) is 0 Å². The molecular formula is C15H27N5O5. The molecule has 0 aromatic carbocycles. The largest absolute Gasteiger partial charge is 0.395 e. The van der Waals surface area contributed by atoms with Gasteiger partial charge in [-0.05, 0) is 19.3 Å². The zero-order valence-electron chi connectivity index (χ0n) is 14.2. The third kappa shape index (κ3) is 4.28. The molecule has 142 valence electrons. The topological polar surface area (TPSA) is 178 Å². The van der Waals surface area contributed by atoms with Gasteiger partial charge in [0.15, 0.2) is 6.23 Å². The lowest BCUT2D eigenvalue weighted by atomic mass is 10.1. The lowest BCUT2D eigenvalue weighted by Gasteiger charge is -2.27. The first kappa shape index (κ1) is 19.6. The molecule has 2 aliphatic rings. The molecule has 2 fully saturated rings. The van der Waals surface area contributed by atoms with Gasteiger partial charge in [-0.2, -0.15) is 0 Å². The predicted octanol–water partition coefficient (Wildman–Crippen LogP) is -2.13. The smallest absolute Gasteiger partial charge is 0.288 e. The van der Waals surface area contributed by atoms with Crippen LogP contribution in [0.3, 0.4) is 0 Å². The Morgan fingerprint density at radius 2 is 2.00 bits per heavy atom. The van der Waals surface area contributed by atoms with E-state index in [2.05, 4.69) is 5.32 Å². The number of ether oxygens (including phenoxy) is 1. The van der Waals surface area contributed by atoms with Crippen LogP contribution in [-0.2, 0) is 9.53 Å². The fourth-order valence-corrected chi connectivity index (χ4v) is 2.58. The molecule has 1 aliphatic heterocycles.